The van der Waals surface area contributed by atoms with Crippen molar-refractivity contribution in [2.24, 2.45) is 5.73 Å². The number of hydrogen-bond donors (Lipinski definition) is 2. The first-order valence-corrected chi connectivity index (χ1v) is 7.05. The van der Waals surface area contributed by atoms with Gasteiger partial charge in [0.1, 0.15) is 17.8 Å². The van der Waals surface area contributed by atoms with Crippen LogP contribution in [0.2, 0.25) is 0 Å². The zero-order valence-electron chi connectivity index (χ0n) is 11.2. The van der Waals surface area contributed by atoms with Crippen LogP contribution in [-0.4, -0.2) is 34.1 Å². The van der Waals surface area contributed by atoms with Gasteiger partial charge in [-0.1, -0.05) is 18.2 Å². The summed E-state index contributed by atoms with van der Waals surface area (Å²) in [5.74, 6) is 1.03. The van der Waals surface area contributed by atoms with E-state index < -0.39 is 0 Å². The van der Waals surface area contributed by atoms with Crippen LogP contribution in [0.25, 0.3) is 21.9 Å². The number of fused-ring (bicyclic) bond motifs is 3. The summed E-state index contributed by atoms with van der Waals surface area (Å²) >= 11 is 0. The maximum atomic E-state index is 5.99. The minimum atomic E-state index is 0.326. The van der Waals surface area contributed by atoms with Gasteiger partial charge in [-0.05, 0) is 18.9 Å². The number of anilines is 1. The van der Waals surface area contributed by atoms with E-state index in [1.54, 1.807) is 6.33 Å². The predicted molar refractivity (Wildman–Crippen MR) is 80.8 cm³/mol. The van der Waals surface area contributed by atoms with E-state index in [-0.39, 0.29) is 0 Å². The lowest BCUT2D eigenvalue weighted by atomic mass is 10.1. The number of nitrogens with two attached hydrogens (primary N) is 1. The third kappa shape index (κ3) is 1.74. The van der Waals surface area contributed by atoms with Crippen LogP contribution in [0.15, 0.2) is 30.6 Å². The molecule has 3 aromatic rings. The first-order valence-electron chi connectivity index (χ1n) is 7.05. The smallest absolute Gasteiger partial charge is 0.143 e. The van der Waals surface area contributed by atoms with Crippen molar-refractivity contribution in [2.75, 3.05) is 18.0 Å². The number of rotatable bonds is 1. The van der Waals surface area contributed by atoms with Gasteiger partial charge in [-0.25, -0.2) is 9.97 Å². The van der Waals surface area contributed by atoms with Crippen LogP contribution in [0.5, 0.6) is 0 Å². The van der Waals surface area contributed by atoms with Gasteiger partial charge >= 0.3 is 0 Å². The van der Waals surface area contributed by atoms with Crippen LogP contribution in [-0.2, 0) is 0 Å². The number of aromatic nitrogens is 3. The first-order chi connectivity index (χ1) is 9.83. The molecule has 5 nitrogen and oxygen atoms in total. The molecule has 1 saturated heterocycles. The van der Waals surface area contributed by atoms with Gasteiger partial charge in [-0.15, -0.1) is 0 Å². The lowest BCUT2D eigenvalue weighted by Crippen LogP contribution is -2.40. The zero-order valence-corrected chi connectivity index (χ0v) is 11.2. The van der Waals surface area contributed by atoms with Crippen molar-refractivity contribution in [2.45, 2.75) is 18.9 Å². The molecule has 0 unspecified atom stereocenters. The predicted octanol–water partition coefficient (Wildman–Crippen LogP) is 2.04. The Hall–Kier alpha value is -2.14. The fourth-order valence-corrected chi connectivity index (χ4v) is 3.01. The molecule has 0 aliphatic carbocycles. The monoisotopic (exact) mass is 267 g/mol. The molecule has 0 radical (unpaired) electrons. The summed E-state index contributed by atoms with van der Waals surface area (Å²) in [6, 6.07) is 8.61. The van der Waals surface area contributed by atoms with Gasteiger partial charge in [0.15, 0.2) is 0 Å². The maximum Gasteiger partial charge on any atom is 0.143 e. The average molecular weight is 267 g/mol. The zero-order chi connectivity index (χ0) is 13.5. The molecule has 0 spiro atoms. The van der Waals surface area contributed by atoms with Crippen molar-refractivity contribution in [1.82, 2.24) is 15.0 Å². The van der Waals surface area contributed by atoms with Gasteiger partial charge in [-0.2, -0.15) is 0 Å². The second kappa shape index (κ2) is 4.45. The van der Waals surface area contributed by atoms with E-state index in [4.69, 9.17) is 5.73 Å². The van der Waals surface area contributed by atoms with Crippen molar-refractivity contribution >= 4 is 27.8 Å². The Balaban J connectivity index is 1.90. The van der Waals surface area contributed by atoms with Crippen LogP contribution in [0.1, 0.15) is 12.8 Å². The second-order valence-electron chi connectivity index (χ2n) is 5.42. The fourth-order valence-electron chi connectivity index (χ4n) is 3.01. The van der Waals surface area contributed by atoms with Crippen molar-refractivity contribution in [3.05, 3.63) is 30.6 Å². The second-order valence-corrected chi connectivity index (χ2v) is 5.42. The highest BCUT2D eigenvalue weighted by molar-refractivity contribution is 6.11. The molecule has 1 aliphatic heterocycles. The van der Waals surface area contributed by atoms with E-state index in [2.05, 4.69) is 38.1 Å². The summed E-state index contributed by atoms with van der Waals surface area (Å²) in [7, 11) is 0. The number of hydrogen-bond acceptors (Lipinski definition) is 4. The normalized spacial score (nSPS) is 17.1. The molecular weight excluding hydrogens is 250 g/mol. The highest BCUT2D eigenvalue weighted by Gasteiger charge is 2.21. The highest BCUT2D eigenvalue weighted by Crippen LogP contribution is 2.31. The molecule has 0 bridgehead atoms. The Kier molecular flexibility index (Phi) is 2.60. The van der Waals surface area contributed by atoms with E-state index in [1.165, 1.54) is 5.39 Å². The van der Waals surface area contributed by atoms with Crippen molar-refractivity contribution in [3.8, 4) is 0 Å². The molecule has 1 aromatic carbocycles. The van der Waals surface area contributed by atoms with Gasteiger partial charge in [-0.3, -0.25) is 0 Å². The summed E-state index contributed by atoms with van der Waals surface area (Å²) in [4.78, 5) is 14.6. The third-order valence-corrected chi connectivity index (χ3v) is 4.12. The number of piperidine rings is 1. The van der Waals surface area contributed by atoms with Crippen LogP contribution >= 0.6 is 0 Å². The Morgan fingerprint density at radius 3 is 2.80 bits per heavy atom. The molecule has 102 valence electrons. The van der Waals surface area contributed by atoms with Gasteiger partial charge in [0.05, 0.1) is 5.39 Å². The van der Waals surface area contributed by atoms with Crippen molar-refractivity contribution in [1.29, 1.82) is 0 Å². The molecule has 1 fully saturated rings. The lowest BCUT2D eigenvalue weighted by molar-refractivity contribution is 0.499. The minimum Gasteiger partial charge on any atom is -0.356 e. The Morgan fingerprint density at radius 2 is 1.95 bits per heavy atom. The molecule has 3 N–H and O–H groups in total. The molecular formula is C15H17N5. The number of nitrogens with one attached hydrogen (secondary N) is 1. The third-order valence-electron chi connectivity index (χ3n) is 4.12. The van der Waals surface area contributed by atoms with Crippen molar-refractivity contribution in [3.63, 3.8) is 0 Å². The van der Waals surface area contributed by atoms with E-state index in [0.29, 0.717) is 6.04 Å². The molecule has 0 amide bonds. The topological polar surface area (TPSA) is 70.8 Å². The maximum absolute atomic E-state index is 5.99. The molecule has 4 rings (SSSR count). The lowest BCUT2D eigenvalue weighted by Gasteiger charge is -2.31. The van der Waals surface area contributed by atoms with Crippen LogP contribution < -0.4 is 10.6 Å². The number of para-hydroxylation sites is 1. The Morgan fingerprint density at radius 1 is 1.15 bits per heavy atom. The van der Waals surface area contributed by atoms with Crippen LogP contribution in [0, 0.1) is 0 Å². The largest absolute Gasteiger partial charge is 0.356 e. The molecule has 1 aliphatic rings. The quantitative estimate of drug-likeness (QED) is 0.708. The average Bonchev–Trinajstić information content (AvgIpc) is 2.86. The fraction of sp³-hybridized carbons (Fsp3) is 0.333. The Labute approximate surface area is 116 Å². The van der Waals surface area contributed by atoms with Crippen LogP contribution in [0.4, 0.5) is 5.82 Å². The van der Waals surface area contributed by atoms with Crippen molar-refractivity contribution < 1.29 is 0 Å². The number of aromatic amines is 1. The molecule has 5 heteroatoms. The molecule has 2 aromatic heterocycles. The highest BCUT2D eigenvalue weighted by atomic mass is 15.2. The van der Waals surface area contributed by atoms with E-state index in [0.717, 1.165) is 48.3 Å². The summed E-state index contributed by atoms with van der Waals surface area (Å²) in [6.45, 7) is 1.93. The number of benzene rings is 1. The molecule has 0 saturated carbocycles. The molecule has 20 heavy (non-hydrogen) atoms. The standard InChI is InChI=1S/C15H17N5/c16-10-5-7-20(8-6-10)15-13-11-3-1-2-4-12(11)19-14(13)17-9-18-15/h1-4,9-10H,5-8,16H2,(H,17,18,19). The summed E-state index contributed by atoms with van der Waals surface area (Å²) in [5.41, 5.74) is 8.01. The van der Waals surface area contributed by atoms with Crippen LogP contribution in [0.3, 0.4) is 0 Å². The summed E-state index contributed by atoms with van der Waals surface area (Å²) in [6.07, 6.45) is 3.68. The number of nitrogens with zero attached hydrogens (tertiary/aromatic N) is 3. The van der Waals surface area contributed by atoms with E-state index in [1.807, 2.05) is 6.07 Å². The number of H-pyrrole nitrogens is 1. The molecule has 0 atom stereocenters. The molecule has 3 heterocycles. The van der Waals surface area contributed by atoms with Gasteiger partial charge in [0.2, 0.25) is 0 Å². The summed E-state index contributed by atoms with van der Waals surface area (Å²) in [5, 5.41) is 2.31. The van der Waals surface area contributed by atoms with E-state index >= 15 is 0 Å². The first kappa shape index (κ1) is 11.7. The van der Waals surface area contributed by atoms with E-state index in [9.17, 15) is 0 Å². The summed E-state index contributed by atoms with van der Waals surface area (Å²) < 4.78 is 0. The van der Waals surface area contributed by atoms with Gasteiger partial charge in [0, 0.05) is 30.0 Å². The van der Waals surface area contributed by atoms with Gasteiger partial charge in [0.25, 0.3) is 0 Å². The van der Waals surface area contributed by atoms with Gasteiger partial charge < -0.3 is 15.6 Å². The SMILES string of the molecule is NC1CCN(c2ncnc3[nH]c4ccccc4c23)CC1. The minimum absolute atomic E-state index is 0.326. The Bertz CT molecular complexity index is 755.